The van der Waals surface area contributed by atoms with Crippen LogP contribution in [0.4, 0.5) is 18.9 Å². The smallest absolute Gasteiger partial charge is 0.249 e. The van der Waals surface area contributed by atoms with Gasteiger partial charge in [0.25, 0.3) is 0 Å². The van der Waals surface area contributed by atoms with Crippen molar-refractivity contribution in [3.05, 3.63) is 29.6 Å². The molecule has 0 bridgehead atoms. The molecule has 1 rings (SSSR count). The van der Waals surface area contributed by atoms with Crippen LogP contribution in [0, 0.1) is 17.5 Å². The number of carbonyl (C=O) groups is 2. The molecule has 0 aliphatic carbocycles. The highest BCUT2D eigenvalue weighted by atomic mass is 19.2. The van der Waals surface area contributed by atoms with Crippen LogP contribution in [0.2, 0.25) is 0 Å². The molecule has 128 valence electrons. The van der Waals surface area contributed by atoms with E-state index >= 15 is 0 Å². The van der Waals surface area contributed by atoms with Gasteiger partial charge in [0.05, 0.1) is 12.2 Å². The quantitative estimate of drug-likeness (QED) is 0.743. The average Bonchev–Trinajstić information content (AvgIpc) is 2.52. The number of carbonyl (C=O) groups excluding carboxylic acids is 2. The lowest BCUT2D eigenvalue weighted by Crippen LogP contribution is -2.40. The molecular formula is C15H19F3N2O3. The minimum Gasteiger partial charge on any atom is -0.372 e. The van der Waals surface area contributed by atoms with Gasteiger partial charge in [0.15, 0.2) is 17.5 Å². The summed E-state index contributed by atoms with van der Waals surface area (Å²) in [6.07, 6.45) is 0.616. The molecule has 0 saturated heterocycles. The second-order valence-electron chi connectivity index (χ2n) is 4.72. The van der Waals surface area contributed by atoms with Crippen LogP contribution in [0.3, 0.4) is 0 Å². The van der Waals surface area contributed by atoms with Gasteiger partial charge in [-0.2, -0.15) is 0 Å². The van der Waals surface area contributed by atoms with Gasteiger partial charge < -0.3 is 15.0 Å². The van der Waals surface area contributed by atoms with Crippen molar-refractivity contribution in [1.82, 2.24) is 4.90 Å². The first kappa shape index (κ1) is 19.0. The summed E-state index contributed by atoms with van der Waals surface area (Å²) in [4.78, 5) is 25.0. The number of nitrogens with zero attached hydrogens (tertiary/aromatic N) is 1. The highest BCUT2D eigenvalue weighted by molar-refractivity contribution is 5.94. The lowest BCUT2D eigenvalue weighted by atomic mass is 10.2. The molecule has 1 N–H and O–H groups in total. The van der Waals surface area contributed by atoms with Crippen molar-refractivity contribution >= 4 is 17.5 Å². The van der Waals surface area contributed by atoms with E-state index in [0.29, 0.717) is 25.6 Å². The Morgan fingerprint density at radius 2 is 1.87 bits per heavy atom. The van der Waals surface area contributed by atoms with Crippen molar-refractivity contribution in [1.29, 1.82) is 0 Å². The van der Waals surface area contributed by atoms with E-state index in [9.17, 15) is 22.8 Å². The molecule has 0 spiro atoms. The monoisotopic (exact) mass is 332 g/mol. The summed E-state index contributed by atoms with van der Waals surface area (Å²) >= 11 is 0. The van der Waals surface area contributed by atoms with Crippen LogP contribution in [0.15, 0.2) is 12.1 Å². The predicted molar refractivity (Wildman–Crippen MR) is 78.3 cm³/mol. The van der Waals surface area contributed by atoms with Crippen molar-refractivity contribution in [2.75, 3.05) is 31.6 Å². The van der Waals surface area contributed by atoms with Crippen LogP contribution in [-0.4, -0.2) is 43.0 Å². The normalized spacial score (nSPS) is 10.5. The topological polar surface area (TPSA) is 58.6 Å². The third kappa shape index (κ3) is 5.55. The number of amides is 2. The molecule has 0 aliphatic rings. The predicted octanol–water partition coefficient (Wildman–Crippen LogP) is 2.32. The van der Waals surface area contributed by atoms with Crippen LogP contribution < -0.4 is 5.32 Å². The van der Waals surface area contributed by atoms with E-state index in [4.69, 9.17) is 4.74 Å². The maximum atomic E-state index is 13.5. The van der Waals surface area contributed by atoms with Crippen molar-refractivity contribution in [3.8, 4) is 0 Å². The molecule has 0 fully saturated rings. The Hall–Kier alpha value is -2.09. The number of anilines is 1. The SMILES string of the molecule is CCCN(CC(=O)Nc1ccc(F)c(F)c1F)C(=O)COCC. The largest absolute Gasteiger partial charge is 0.372 e. The Morgan fingerprint density at radius 3 is 2.48 bits per heavy atom. The lowest BCUT2D eigenvalue weighted by Gasteiger charge is -2.21. The zero-order valence-corrected chi connectivity index (χ0v) is 13.0. The minimum atomic E-state index is -1.67. The summed E-state index contributed by atoms with van der Waals surface area (Å²) in [5.74, 6) is -5.59. The second kappa shape index (κ2) is 9.14. The summed E-state index contributed by atoms with van der Waals surface area (Å²) in [5, 5.41) is 2.12. The first-order chi connectivity index (χ1) is 10.9. The third-order valence-electron chi connectivity index (χ3n) is 2.92. The summed E-state index contributed by atoms with van der Waals surface area (Å²) in [5.41, 5.74) is -0.484. The van der Waals surface area contributed by atoms with Crippen LogP contribution in [0.25, 0.3) is 0 Å². The fraction of sp³-hybridized carbons (Fsp3) is 0.467. The summed E-state index contributed by atoms with van der Waals surface area (Å²) in [6, 6.07) is 1.62. The number of benzene rings is 1. The van der Waals surface area contributed by atoms with E-state index in [1.54, 1.807) is 6.92 Å². The van der Waals surface area contributed by atoms with Gasteiger partial charge in [0.1, 0.15) is 6.61 Å². The maximum absolute atomic E-state index is 13.5. The number of halogens is 3. The molecule has 2 amide bonds. The number of ether oxygens (including phenoxy) is 1. The molecule has 0 heterocycles. The number of nitrogens with one attached hydrogen (secondary N) is 1. The third-order valence-corrected chi connectivity index (χ3v) is 2.92. The Balaban J connectivity index is 2.72. The van der Waals surface area contributed by atoms with Crippen molar-refractivity contribution < 1.29 is 27.5 Å². The molecule has 1 aromatic carbocycles. The molecule has 1 aromatic rings. The van der Waals surface area contributed by atoms with Gasteiger partial charge in [-0.25, -0.2) is 13.2 Å². The molecule has 0 saturated carbocycles. The van der Waals surface area contributed by atoms with Crippen molar-refractivity contribution in [2.24, 2.45) is 0 Å². The van der Waals surface area contributed by atoms with E-state index in [2.05, 4.69) is 5.32 Å². The number of rotatable bonds is 8. The Morgan fingerprint density at radius 1 is 1.17 bits per heavy atom. The van der Waals surface area contributed by atoms with Gasteiger partial charge in [-0.1, -0.05) is 6.92 Å². The van der Waals surface area contributed by atoms with Crippen LogP contribution >= 0.6 is 0 Å². The van der Waals surface area contributed by atoms with E-state index in [-0.39, 0.29) is 19.1 Å². The van der Waals surface area contributed by atoms with Crippen LogP contribution in [-0.2, 0) is 14.3 Å². The molecule has 0 radical (unpaired) electrons. The molecule has 8 heteroatoms. The second-order valence-corrected chi connectivity index (χ2v) is 4.72. The molecule has 0 aromatic heterocycles. The Kier molecular flexibility index (Phi) is 7.53. The fourth-order valence-electron chi connectivity index (χ4n) is 1.83. The highest BCUT2D eigenvalue weighted by Gasteiger charge is 2.19. The molecule has 0 unspecified atom stereocenters. The Bertz CT molecular complexity index is 567. The minimum absolute atomic E-state index is 0.163. The van der Waals surface area contributed by atoms with Crippen molar-refractivity contribution in [3.63, 3.8) is 0 Å². The van der Waals surface area contributed by atoms with E-state index in [1.165, 1.54) is 4.90 Å². The molecule has 23 heavy (non-hydrogen) atoms. The van der Waals surface area contributed by atoms with Gasteiger partial charge in [0, 0.05) is 13.2 Å². The van der Waals surface area contributed by atoms with Gasteiger partial charge >= 0.3 is 0 Å². The summed E-state index contributed by atoms with van der Waals surface area (Å²) < 4.78 is 44.4. The standard InChI is InChI=1S/C15H19F3N2O3/c1-3-7-20(13(22)9-23-4-2)8-12(21)19-11-6-5-10(16)14(17)15(11)18/h5-6H,3-4,7-9H2,1-2H3,(H,19,21). The highest BCUT2D eigenvalue weighted by Crippen LogP contribution is 2.19. The summed E-state index contributed by atoms with van der Waals surface area (Å²) in [7, 11) is 0. The number of hydrogen-bond donors (Lipinski definition) is 1. The maximum Gasteiger partial charge on any atom is 0.249 e. The van der Waals surface area contributed by atoms with E-state index < -0.39 is 29.0 Å². The van der Waals surface area contributed by atoms with E-state index in [0.717, 1.165) is 6.07 Å². The number of hydrogen-bond acceptors (Lipinski definition) is 3. The van der Waals surface area contributed by atoms with E-state index in [1.807, 2.05) is 6.92 Å². The van der Waals surface area contributed by atoms with Gasteiger partial charge in [-0.05, 0) is 25.5 Å². The molecule has 0 aliphatic heterocycles. The first-order valence-corrected chi connectivity index (χ1v) is 7.19. The molecular weight excluding hydrogens is 313 g/mol. The van der Waals surface area contributed by atoms with Gasteiger partial charge in [0.2, 0.25) is 11.8 Å². The average molecular weight is 332 g/mol. The molecule has 0 atom stereocenters. The fourth-order valence-corrected chi connectivity index (χ4v) is 1.83. The Labute approximate surface area is 132 Å². The first-order valence-electron chi connectivity index (χ1n) is 7.19. The lowest BCUT2D eigenvalue weighted by molar-refractivity contribution is -0.138. The van der Waals surface area contributed by atoms with Crippen molar-refractivity contribution in [2.45, 2.75) is 20.3 Å². The summed E-state index contributed by atoms with van der Waals surface area (Å²) in [6.45, 7) is 3.74. The molecule has 5 nitrogen and oxygen atoms in total. The zero-order valence-electron chi connectivity index (χ0n) is 13.0. The van der Waals surface area contributed by atoms with Crippen LogP contribution in [0.1, 0.15) is 20.3 Å². The van der Waals surface area contributed by atoms with Gasteiger partial charge in [-0.15, -0.1) is 0 Å². The zero-order chi connectivity index (χ0) is 17.4. The van der Waals surface area contributed by atoms with Gasteiger partial charge in [-0.3, -0.25) is 9.59 Å². The van der Waals surface area contributed by atoms with Crippen LogP contribution in [0.5, 0.6) is 0 Å².